The molecule has 0 spiro atoms. The van der Waals surface area contributed by atoms with Gasteiger partial charge in [-0.2, -0.15) is 0 Å². The number of rotatable bonds is 4. The molecule has 0 saturated carbocycles. The van der Waals surface area contributed by atoms with Crippen molar-refractivity contribution in [3.8, 4) is 0 Å². The van der Waals surface area contributed by atoms with Gasteiger partial charge in [0.15, 0.2) is 0 Å². The van der Waals surface area contributed by atoms with E-state index >= 15 is 0 Å². The van der Waals surface area contributed by atoms with E-state index in [1.54, 1.807) is 35.4 Å². The molecule has 5 nitrogen and oxygen atoms in total. The number of nitrogens with one attached hydrogen (secondary N) is 1. The van der Waals surface area contributed by atoms with Gasteiger partial charge in [0.05, 0.1) is 11.6 Å². The molecule has 0 aliphatic carbocycles. The molecular weight excluding hydrogens is 364 g/mol. The maximum atomic E-state index is 12.3. The largest absolute Gasteiger partial charge is 0.335 e. The Labute approximate surface area is 133 Å². The Hall–Kier alpha value is -1.15. The van der Waals surface area contributed by atoms with Crippen molar-refractivity contribution in [2.75, 3.05) is 12.5 Å². The van der Waals surface area contributed by atoms with Crippen LogP contribution in [0.1, 0.15) is 15.4 Å². The number of hydrazine groups is 1. The minimum absolute atomic E-state index is 0.181. The highest BCUT2D eigenvalue weighted by molar-refractivity contribution is 9.10. The normalized spacial score (nSPS) is 10.4. The first kappa shape index (κ1) is 15.2. The van der Waals surface area contributed by atoms with Crippen molar-refractivity contribution in [3.63, 3.8) is 0 Å². The minimum atomic E-state index is -0.253. The third kappa shape index (κ3) is 3.49. The second kappa shape index (κ2) is 6.53. The number of nitrogens with two attached hydrogens (primary N) is 1. The summed E-state index contributed by atoms with van der Waals surface area (Å²) in [6.45, 7) is 0.493. The molecule has 0 fully saturated rings. The predicted molar refractivity (Wildman–Crippen MR) is 84.9 cm³/mol. The number of carbonyl (C=O) groups is 1. The molecule has 0 aliphatic heterocycles. The number of hydrogen-bond donors (Lipinski definition) is 2. The maximum absolute atomic E-state index is 12.3. The highest BCUT2D eigenvalue weighted by atomic mass is 79.9. The van der Waals surface area contributed by atoms with Crippen molar-refractivity contribution in [1.29, 1.82) is 0 Å². The van der Waals surface area contributed by atoms with Crippen LogP contribution in [0, 0.1) is 0 Å². The summed E-state index contributed by atoms with van der Waals surface area (Å²) < 4.78 is 1.00. The van der Waals surface area contributed by atoms with E-state index < -0.39 is 0 Å². The summed E-state index contributed by atoms with van der Waals surface area (Å²) in [6, 6.07) is 5.17. The fourth-order valence-corrected chi connectivity index (χ4v) is 3.29. The van der Waals surface area contributed by atoms with Crippen LogP contribution in [0.3, 0.4) is 0 Å². The number of carbonyl (C=O) groups excluding carboxylic acids is 1. The predicted octanol–water partition coefficient (Wildman–Crippen LogP) is 3.12. The fourth-order valence-electron chi connectivity index (χ4n) is 1.60. The number of nitrogens with zero attached hydrogens (tertiary/aromatic N) is 2. The summed E-state index contributed by atoms with van der Waals surface area (Å²) in [5, 5.41) is 2.27. The van der Waals surface area contributed by atoms with Crippen LogP contribution < -0.4 is 11.3 Å². The summed E-state index contributed by atoms with van der Waals surface area (Å²) in [4.78, 5) is 19.1. The number of anilines is 1. The zero-order valence-electron chi connectivity index (χ0n) is 10.6. The molecule has 2 heterocycles. The highest BCUT2D eigenvalue weighted by Crippen LogP contribution is 2.22. The van der Waals surface area contributed by atoms with Crippen molar-refractivity contribution in [3.05, 3.63) is 43.6 Å². The summed E-state index contributed by atoms with van der Waals surface area (Å²) in [5.41, 5.74) is 2.58. The molecule has 20 heavy (non-hydrogen) atoms. The van der Waals surface area contributed by atoms with E-state index in [2.05, 4.69) is 26.3 Å². The standard InChI is InChI=1S/C12H12BrClN4OS/c1-18(5-8-4-7(13)6-20-8)12(19)11-9(14)2-3-10(16-11)17-15/h2-4,6H,5,15H2,1H3,(H,16,17). The van der Waals surface area contributed by atoms with Crippen molar-refractivity contribution >= 4 is 50.6 Å². The van der Waals surface area contributed by atoms with Gasteiger partial charge in [0.2, 0.25) is 0 Å². The van der Waals surface area contributed by atoms with Gasteiger partial charge in [0.25, 0.3) is 5.91 Å². The van der Waals surface area contributed by atoms with Gasteiger partial charge in [0, 0.05) is 21.8 Å². The lowest BCUT2D eigenvalue weighted by atomic mass is 10.3. The van der Waals surface area contributed by atoms with E-state index in [-0.39, 0.29) is 11.6 Å². The number of amides is 1. The average Bonchev–Trinajstić information content (AvgIpc) is 2.84. The molecule has 0 aromatic carbocycles. The summed E-state index contributed by atoms with van der Waals surface area (Å²) >= 11 is 11.0. The number of aromatic nitrogens is 1. The van der Waals surface area contributed by atoms with Crippen LogP contribution in [-0.4, -0.2) is 22.8 Å². The van der Waals surface area contributed by atoms with Crippen molar-refractivity contribution in [2.24, 2.45) is 5.84 Å². The van der Waals surface area contributed by atoms with Gasteiger partial charge >= 0.3 is 0 Å². The first-order valence-corrected chi connectivity index (χ1v) is 7.68. The van der Waals surface area contributed by atoms with Gasteiger partial charge in [-0.3, -0.25) is 4.79 Å². The summed E-state index contributed by atoms with van der Waals surface area (Å²) in [6.07, 6.45) is 0. The monoisotopic (exact) mass is 374 g/mol. The first-order chi connectivity index (χ1) is 9.51. The molecule has 3 N–H and O–H groups in total. The van der Waals surface area contributed by atoms with Crippen LogP contribution in [0.4, 0.5) is 5.82 Å². The van der Waals surface area contributed by atoms with E-state index in [1.807, 2.05) is 11.4 Å². The Balaban J connectivity index is 2.17. The molecule has 0 saturated heterocycles. The molecule has 8 heteroatoms. The minimum Gasteiger partial charge on any atom is -0.335 e. The SMILES string of the molecule is CN(Cc1cc(Br)cs1)C(=O)c1nc(NN)ccc1Cl. The Morgan fingerprint density at radius 1 is 1.60 bits per heavy atom. The first-order valence-electron chi connectivity index (χ1n) is 5.63. The number of nitrogen functional groups attached to an aromatic ring is 1. The summed E-state index contributed by atoms with van der Waals surface area (Å²) in [5.74, 6) is 5.43. The molecule has 2 aromatic rings. The quantitative estimate of drug-likeness (QED) is 0.636. The molecule has 0 bridgehead atoms. The fraction of sp³-hybridized carbons (Fsp3) is 0.167. The smallest absolute Gasteiger partial charge is 0.274 e. The molecule has 0 unspecified atom stereocenters. The van der Waals surface area contributed by atoms with Crippen molar-refractivity contribution in [1.82, 2.24) is 9.88 Å². The molecule has 0 radical (unpaired) electrons. The van der Waals surface area contributed by atoms with E-state index in [1.165, 1.54) is 0 Å². The molecular formula is C12H12BrClN4OS. The Morgan fingerprint density at radius 2 is 2.35 bits per heavy atom. The second-order valence-electron chi connectivity index (χ2n) is 4.06. The van der Waals surface area contributed by atoms with E-state index in [9.17, 15) is 4.79 Å². The van der Waals surface area contributed by atoms with E-state index in [0.29, 0.717) is 17.4 Å². The van der Waals surface area contributed by atoms with Crippen LogP contribution in [-0.2, 0) is 6.54 Å². The summed E-state index contributed by atoms with van der Waals surface area (Å²) in [7, 11) is 1.70. The lowest BCUT2D eigenvalue weighted by molar-refractivity contribution is 0.0781. The zero-order valence-corrected chi connectivity index (χ0v) is 13.7. The molecule has 2 rings (SSSR count). The number of hydrogen-bond acceptors (Lipinski definition) is 5. The lowest BCUT2D eigenvalue weighted by Crippen LogP contribution is -2.27. The Bertz CT molecular complexity index is 634. The Morgan fingerprint density at radius 3 is 2.95 bits per heavy atom. The van der Waals surface area contributed by atoms with Gasteiger partial charge < -0.3 is 10.3 Å². The van der Waals surface area contributed by atoms with E-state index in [4.69, 9.17) is 17.4 Å². The Kier molecular flexibility index (Phi) is 4.98. The van der Waals surface area contributed by atoms with Gasteiger partial charge in [-0.1, -0.05) is 11.6 Å². The lowest BCUT2D eigenvalue weighted by Gasteiger charge is -2.16. The van der Waals surface area contributed by atoms with E-state index in [0.717, 1.165) is 9.35 Å². The third-order valence-corrected chi connectivity index (χ3v) is 4.55. The second-order valence-corrected chi connectivity index (χ2v) is 6.38. The average molecular weight is 376 g/mol. The maximum Gasteiger partial charge on any atom is 0.274 e. The van der Waals surface area contributed by atoms with Crippen molar-refractivity contribution in [2.45, 2.75) is 6.54 Å². The molecule has 1 amide bonds. The van der Waals surface area contributed by atoms with Gasteiger partial charge in [0.1, 0.15) is 11.5 Å². The van der Waals surface area contributed by atoms with Crippen LogP contribution in [0.2, 0.25) is 5.02 Å². The third-order valence-electron chi connectivity index (χ3n) is 2.56. The van der Waals surface area contributed by atoms with Crippen LogP contribution in [0.5, 0.6) is 0 Å². The zero-order chi connectivity index (χ0) is 14.7. The number of halogens is 2. The van der Waals surface area contributed by atoms with Gasteiger partial charge in [-0.05, 0) is 34.1 Å². The molecule has 2 aromatic heterocycles. The molecule has 0 aliphatic rings. The van der Waals surface area contributed by atoms with Gasteiger partial charge in [-0.25, -0.2) is 10.8 Å². The topological polar surface area (TPSA) is 71.2 Å². The number of pyridine rings is 1. The molecule has 0 atom stereocenters. The van der Waals surface area contributed by atoms with Crippen LogP contribution in [0.25, 0.3) is 0 Å². The number of thiophene rings is 1. The van der Waals surface area contributed by atoms with Crippen LogP contribution >= 0.6 is 38.9 Å². The van der Waals surface area contributed by atoms with Gasteiger partial charge in [-0.15, -0.1) is 11.3 Å². The van der Waals surface area contributed by atoms with Crippen LogP contribution in [0.15, 0.2) is 28.1 Å². The highest BCUT2D eigenvalue weighted by Gasteiger charge is 2.18. The van der Waals surface area contributed by atoms with Crippen molar-refractivity contribution < 1.29 is 4.79 Å². The molecule has 106 valence electrons.